The lowest BCUT2D eigenvalue weighted by atomic mass is 10.1. The van der Waals surface area contributed by atoms with Gasteiger partial charge < -0.3 is 5.73 Å². The Labute approximate surface area is 132 Å². The third-order valence-corrected chi connectivity index (χ3v) is 4.12. The molecule has 0 amide bonds. The largest absolute Gasteiger partial charge is 0.323 e. The molecule has 0 fully saturated rings. The van der Waals surface area contributed by atoms with Crippen LogP contribution in [0.3, 0.4) is 0 Å². The number of pyridine rings is 1. The summed E-state index contributed by atoms with van der Waals surface area (Å²) in [6.07, 6.45) is 2.57. The van der Waals surface area contributed by atoms with Crippen LogP contribution < -0.4 is 5.73 Å². The minimum absolute atomic E-state index is 0.0743. The first kappa shape index (κ1) is 14.7. The lowest BCUT2D eigenvalue weighted by molar-refractivity contribution is 0.680. The second-order valence-corrected chi connectivity index (χ2v) is 5.77. The summed E-state index contributed by atoms with van der Waals surface area (Å²) in [6, 6.07) is 15.5. The molecule has 2 aromatic heterocycles. The molecule has 0 saturated heterocycles. The highest BCUT2D eigenvalue weighted by Crippen LogP contribution is 2.21. The van der Waals surface area contributed by atoms with Gasteiger partial charge in [0.1, 0.15) is 0 Å². The van der Waals surface area contributed by atoms with E-state index in [9.17, 15) is 0 Å². The molecule has 1 aromatic carbocycles. The lowest BCUT2D eigenvalue weighted by Gasteiger charge is -2.10. The number of hydrogen-bond donors (Lipinski definition) is 1. The molecule has 112 valence electrons. The van der Waals surface area contributed by atoms with Gasteiger partial charge in [0, 0.05) is 18.0 Å². The summed E-state index contributed by atoms with van der Waals surface area (Å²) < 4.78 is 1.73. The Hall–Kier alpha value is -2.25. The minimum Gasteiger partial charge on any atom is -0.323 e. The molecule has 7 heteroatoms. The fourth-order valence-electron chi connectivity index (χ4n) is 2.02. The molecule has 0 saturated carbocycles. The molecule has 2 heterocycles. The molecule has 22 heavy (non-hydrogen) atoms. The topological polar surface area (TPSA) is 82.5 Å². The van der Waals surface area contributed by atoms with Gasteiger partial charge in [0.25, 0.3) is 0 Å². The van der Waals surface area contributed by atoms with Crippen molar-refractivity contribution in [3.63, 3.8) is 0 Å². The summed E-state index contributed by atoms with van der Waals surface area (Å²) in [5.74, 6) is 0.824. The molecular formula is C15H16N6S. The summed E-state index contributed by atoms with van der Waals surface area (Å²) in [5.41, 5.74) is 8.01. The van der Waals surface area contributed by atoms with Crippen molar-refractivity contribution >= 4 is 11.8 Å². The Morgan fingerprint density at radius 2 is 1.91 bits per heavy atom. The first-order valence-corrected chi connectivity index (χ1v) is 7.96. The molecule has 0 aliphatic rings. The van der Waals surface area contributed by atoms with Crippen molar-refractivity contribution in [1.29, 1.82) is 0 Å². The van der Waals surface area contributed by atoms with Crippen LogP contribution in [0.5, 0.6) is 0 Å². The fourth-order valence-corrected chi connectivity index (χ4v) is 2.93. The first-order chi connectivity index (χ1) is 10.8. The number of benzene rings is 1. The molecule has 1 atom stereocenters. The summed E-state index contributed by atoms with van der Waals surface area (Å²) in [4.78, 5) is 4.28. The second-order valence-electron chi connectivity index (χ2n) is 4.71. The number of hydrogen-bond acceptors (Lipinski definition) is 6. The van der Waals surface area contributed by atoms with Gasteiger partial charge in [-0.15, -0.1) is 5.10 Å². The van der Waals surface area contributed by atoms with Gasteiger partial charge in [-0.3, -0.25) is 4.98 Å². The zero-order chi connectivity index (χ0) is 15.2. The van der Waals surface area contributed by atoms with Gasteiger partial charge in [-0.25, -0.2) is 0 Å². The van der Waals surface area contributed by atoms with E-state index in [2.05, 4.69) is 20.5 Å². The molecular weight excluding hydrogens is 296 g/mol. The van der Waals surface area contributed by atoms with Crippen molar-refractivity contribution in [2.45, 2.75) is 17.6 Å². The molecule has 0 aliphatic carbocycles. The van der Waals surface area contributed by atoms with Gasteiger partial charge in [-0.1, -0.05) is 36.0 Å². The maximum absolute atomic E-state index is 6.15. The van der Waals surface area contributed by atoms with Crippen LogP contribution in [-0.4, -0.2) is 30.9 Å². The molecule has 6 nitrogen and oxygen atoms in total. The highest BCUT2D eigenvalue weighted by Gasteiger charge is 2.11. The predicted molar refractivity (Wildman–Crippen MR) is 85.7 cm³/mol. The quantitative estimate of drug-likeness (QED) is 0.703. The number of nitrogens with two attached hydrogens (primary N) is 1. The number of nitrogens with zero attached hydrogens (tertiary/aromatic N) is 5. The molecule has 0 radical (unpaired) electrons. The Morgan fingerprint density at radius 1 is 1.09 bits per heavy atom. The zero-order valence-electron chi connectivity index (χ0n) is 11.9. The van der Waals surface area contributed by atoms with Gasteiger partial charge in [0.2, 0.25) is 5.16 Å². The zero-order valence-corrected chi connectivity index (χ0v) is 12.7. The van der Waals surface area contributed by atoms with Crippen molar-refractivity contribution in [3.05, 3.63) is 60.4 Å². The molecule has 1 unspecified atom stereocenters. The molecule has 3 rings (SSSR count). The summed E-state index contributed by atoms with van der Waals surface area (Å²) in [7, 11) is 0. The van der Waals surface area contributed by atoms with Crippen LogP contribution in [0.25, 0.3) is 5.69 Å². The SMILES string of the molecule is NC(CCSc1nnnn1-c1ccccc1)c1ccccn1. The third kappa shape index (κ3) is 3.49. The van der Waals surface area contributed by atoms with Crippen molar-refractivity contribution in [1.82, 2.24) is 25.2 Å². The van der Waals surface area contributed by atoms with Gasteiger partial charge in [-0.05, 0) is 41.1 Å². The highest BCUT2D eigenvalue weighted by molar-refractivity contribution is 7.99. The van der Waals surface area contributed by atoms with E-state index in [0.29, 0.717) is 0 Å². The van der Waals surface area contributed by atoms with Crippen LogP contribution in [0.4, 0.5) is 0 Å². The van der Waals surface area contributed by atoms with E-state index >= 15 is 0 Å². The van der Waals surface area contributed by atoms with Gasteiger partial charge in [0.05, 0.1) is 11.4 Å². The normalized spacial score (nSPS) is 12.2. The minimum atomic E-state index is -0.0743. The Bertz CT molecular complexity index is 700. The molecule has 0 bridgehead atoms. The van der Waals surface area contributed by atoms with Crippen LogP contribution in [0, 0.1) is 0 Å². The highest BCUT2D eigenvalue weighted by atomic mass is 32.2. The van der Waals surface area contributed by atoms with E-state index in [0.717, 1.165) is 28.7 Å². The molecule has 2 N–H and O–H groups in total. The van der Waals surface area contributed by atoms with Gasteiger partial charge in [0.15, 0.2) is 0 Å². The van der Waals surface area contributed by atoms with E-state index in [1.165, 1.54) is 0 Å². The molecule has 0 spiro atoms. The maximum Gasteiger partial charge on any atom is 0.214 e. The van der Waals surface area contributed by atoms with Crippen LogP contribution in [0.2, 0.25) is 0 Å². The number of para-hydroxylation sites is 1. The standard InChI is InChI=1S/C15H16N6S/c16-13(14-8-4-5-10-17-14)9-11-22-15-18-19-20-21(15)12-6-2-1-3-7-12/h1-8,10,13H,9,11,16H2. The summed E-state index contributed by atoms with van der Waals surface area (Å²) in [5, 5.41) is 12.6. The average Bonchev–Trinajstić information content (AvgIpc) is 3.05. The monoisotopic (exact) mass is 312 g/mol. The number of tetrazole rings is 1. The number of thioether (sulfide) groups is 1. The fraction of sp³-hybridized carbons (Fsp3) is 0.200. The Balaban J connectivity index is 1.60. The second kappa shape index (κ2) is 7.15. The average molecular weight is 312 g/mol. The van der Waals surface area contributed by atoms with E-state index < -0.39 is 0 Å². The number of aromatic nitrogens is 5. The summed E-state index contributed by atoms with van der Waals surface area (Å²) >= 11 is 1.59. The van der Waals surface area contributed by atoms with Crippen LogP contribution in [0.15, 0.2) is 59.9 Å². The first-order valence-electron chi connectivity index (χ1n) is 6.98. The molecule has 0 aliphatic heterocycles. The summed E-state index contributed by atoms with van der Waals surface area (Å²) in [6.45, 7) is 0. The maximum atomic E-state index is 6.15. The van der Waals surface area contributed by atoms with E-state index in [1.807, 2.05) is 48.5 Å². The van der Waals surface area contributed by atoms with Crippen molar-refractivity contribution in [2.24, 2.45) is 5.73 Å². The van der Waals surface area contributed by atoms with Crippen LogP contribution in [0.1, 0.15) is 18.2 Å². The number of rotatable bonds is 6. The van der Waals surface area contributed by atoms with Crippen molar-refractivity contribution < 1.29 is 0 Å². The lowest BCUT2D eigenvalue weighted by Crippen LogP contribution is -2.12. The van der Waals surface area contributed by atoms with E-state index in [4.69, 9.17) is 5.73 Å². The van der Waals surface area contributed by atoms with Gasteiger partial charge in [-0.2, -0.15) is 4.68 Å². The Kier molecular flexibility index (Phi) is 4.77. The van der Waals surface area contributed by atoms with Crippen LogP contribution >= 0.6 is 11.8 Å². The third-order valence-electron chi connectivity index (χ3n) is 3.17. The van der Waals surface area contributed by atoms with Gasteiger partial charge >= 0.3 is 0 Å². The smallest absolute Gasteiger partial charge is 0.214 e. The molecule has 3 aromatic rings. The Morgan fingerprint density at radius 3 is 2.68 bits per heavy atom. The predicted octanol–water partition coefficient (Wildman–Crippen LogP) is 2.24. The van der Waals surface area contributed by atoms with Crippen molar-refractivity contribution in [3.8, 4) is 5.69 Å². The van der Waals surface area contributed by atoms with Crippen LogP contribution in [-0.2, 0) is 0 Å². The van der Waals surface area contributed by atoms with E-state index in [-0.39, 0.29) is 6.04 Å². The van der Waals surface area contributed by atoms with E-state index in [1.54, 1.807) is 22.6 Å². The van der Waals surface area contributed by atoms with Crippen molar-refractivity contribution in [2.75, 3.05) is 5.75 Å².